The first-order valence-corrected chi connectivity index (χ1v) is 14.3. The molecule has 0 aromatic carbocycles. The number of aliphatic hydroxyl groups excluding tert-OH is 1. The van der Waals surface area contributed by atoms with Crippen LogP contribution in [0.4, 0.5) is 0 Å². The summed E-state index contributed by atoms with van der Waals surface area (Å²) in [5, 5.41) is 10.4. The van der Waals surface area contributed by atoms with Crippen LogP contribution in [0.5, 0.6) is 0 Å². The zero-order valence-corrected chi connectivity index (χ0v) is 19.4. The Morgan fingerprint density at radius 2 is 1.38 bits per heavy atom. The number of rotatable bonds is 4. The highest BCUT2D eigenvalue weighted by molar-refractivity contribution is 8.00. The molecule has 3 atom stereocenters. The van der Waals surface area contributed by atoms with Crippen molar-refractivity contribution in [1.29, 1.82) is 0 Å². The van der Waals surface area contributed by atoms with E-state index in [4.69, 9.17) is 13.0 Å². The molecule has 0 aromatic heterocycles. The molecular formula is C17H36O4SSi2. The fourth-order valence-electron chi connectivity index (χ4n) is 4.13. The Balaban J connectivity index is 2.49. The topological polar surface area (TPSA) is 47.9 Å². The van der Waals surface area contributed by atoms with Gasteiger partial charge in [0.15, 0.2) is 0 Å². The summed E-state index contributed by atoms with van der Waals surface area (Å²) in [6.07, 6.45) is 0.738. The van der Waals surface area contributed by atoms with E-state index in [1.807, 2.05) is 0 Å². The third kappa shape index (κ3) is 3.68. The third-order valence-electron chi connectivity index (χ3n) is 5.53. The van der Waals surface area contributed by atoms with Crippen molar-refractivity contribution in [2.24, 2.45) is 0 Å². The highest BCUT2D eigenvalue weighted by Crippen LogP contribution is 2.49. The molecule has 2 rings (SSSR count). The maximum Gasteiger partial charge on any atom is 0.334 e. The summed E-state index contributed by atoms with van der Waals surface area (Å²) >= 11 is 1.61. The molecule has 2 heterocycles. The molecule has 0 radical (unpaired) electrons. The van der Waals surface area contributed by atoms with E-state index < -0.39 is 17.1 Å². The van der Waals surface area contributed by atoms with E-state index in [-0.39, 0.29) is 16.8 Å². The van der Waals surface area contributed by atoms with Crippen molar-refractivity contribution in [3.63, 3.8) is 0 Å². The standard InChI is InChI=1S/C17H36O4SSi2/c1-11(2)23(12(3)4)19-10-16-15(9-17(18)22-16)20-24(21-23,13(5)6)14(7)8/h11-18H,9-10H2,1-8H3/t15-,16+,17?/m0/s1. The molecular weight excluding hydrogens is 356 g/mol. The van der Waals surface area contributed by atoms with Gasteiger partial charge in [-0.25, -0.2) is 0 Å². The molecule has 0 aromatic rings. The van der Waals surface area contributed by atoms with Crippen molar-refractivity contribution in [3.8, 4) is 0 Å². The molecule has 2 aliphatic heterocycles. The highest BCUT2D eigenvalue weighted by Gasteiger charge is 2.59. The molecule has 0 aliphatic carbocycles. The fourth-order valence-corrected chi connectivity index (χ4v) is 16.8. The van der Waals surface area contributed by atoms with Crippen LogP contribution in [0, 0.1) is 0 Å². The lowest BCUT2D eigenvalue weighted by Gasteiger charge is -2.51. The Morgan fingerprint density at radius 1 is 0.875 bits per heavy atom. The van der Waals surface area contributed by atoms with Gasteiger partial charge in [0.05, 0.1) is 18.0 Å². The second-order valence-electron chi connectivity index (χ2n) is 8.50. The van der Waals surface area contributed by atoms with E-state index in [2.05, 4.69) is 55.4 Å². The van der Waals surface area contributed by atoms with Gasteiger partial charge in [-0.1, -0.05) is 55.4 Å². The molecule has 0 bridgehead atoms. The molecule has 4 nitrogen and oxygen atoms in total. The van der Waals surface area contributed by atoms with Crippen LogP contribution in [0.15, 0.2) is 0 Å². The van der Waals surface area contributed by atoms with Gasteiger partial charge in [-0.2, -0.15) is 0 Å². The Labute approximate surface area is 154 Å². The molecule has 0 amide bonds. The van der Waals surface area contributed by atoms with E-state index >= 15 is 0 Å². The molecule has 142 valence electrons. The summed E-state index contributed by atoms with van der Waals surface area (Å²) in [4.78, 5) is 0. The number of aliphatic hydroxyl groups is 1. The highest BCUT2D eigenvalue weighted by atomic mass is 32.2. The van der Waals surface area contributed by atoms with Crippen molar-refractivity contribution in [2.45, 2.75) is 101 Å². The van der Waals surface area contributed by atoms with Crippen molar-refractivity contribution in [1.82, 2.24) is 0 Å². The minimum absolute atomic E-state index is 0.0489. The summed E-state index contributed by atoms with van der Waals surface area (Å²) in [5.74, 6) is 0. The molecule has 24 heavy (non-hydrogen) atoms. The van der Waals surface area contributed by atoms with Gasteiger partial charge in [-0.3, -0.25) is 0 Å². The van der Waals surface area contributed by atoms with Gasteiger partial charge >= 0.3 is 17.1 Å². The Hall–Kier alpha value is 0.624. The summed E-state index contributed by atoms with van der Waals surface area (Å²) in [6.45, 7) is 18.5. The number of hydrogen-bond donors (Lipinski definition) is 1. The Kier molecular flexibility index (Phi) is 6.72. The van der Waals surface area contributed by atoms with Crippen LogP contribution in [-0.4, -0.2) is 45.6 Å². The monoisotopic (exact) mass is 392 g/mol. The Bertz CT molecular complexity index is 415. The van der Waals surface area contributed by atoms with Gasteiger partial charge in [0.1, 0.15) is 5.44 Å². The second-order valence-corrected chi connectivity index (χ2v) is 18.8. The summed E-state index contributed by atoms with van der Waals surface area (Å²) in [5.41, 5.74) is 1.11. The van der Waals surface area contributed by atoms with Crippen molar-refractivity contribution in [2.75, 3.05) is 6.61 Å². The number of fused-ring (bicyclic) bond motifs is 1. The first kappa shape index (κ1) is 20.9. The second kappa shape index (κ2) is 7.70. The predicted molar refractivity (Wildman–Crippen MR) is 106 cm³/mol. The lowest BCUT2D eigenvalue weighted by atomic mass is 10.2. The molecule has 1 unspecified atom stereocenters. The average molecular weight is 393 g/mol. The van der Waals surface area contributed by atoms with Gasteiger partial charge in [0.2, 0.25) is 0 Å². The number of hydrogen-bond acceptors (Lipinski definition) is 5. The molecule has 0 saturated carbocycles. The quantitative estimate of drug-likeness (QED) is 0.699. The molecule has 0 spiro atoms. The molecule has 2 saturated heterocycles. The van der Waals surface area contributed by atoms with Gasteiger partial charge in [0.25, 0.3) is 0 Å². The minimum atomic E-state index is -2.48. The van der Waals surface area contributed by atoms with Crippen LogP contribution in [0.1, 0.15) is 61.8 Å². The van der Waals surface area contributed by atoms with Crippen molar-refractivity contribution >= 4 is 28.9 Å². The molecule has 2 aliphatic rings. The normalized spacial score (nSPS) is 33.1. The molecule has 7 heteroatoms. The van der Waals surface area contributed by atoms with Gasteiger partial charge in [-0.05, 0) is 22.2 Å². The summed E-state index contributed by atoms with van der Waals surface area (Å²) in [6, 6.07) is 0. The first-order valence-electron chi connectivity index (χ1n) is 9.40. The average Bonchev–Trinajstić information content (AvgIpc) is 2.77. The van der Waals surface area contributed by atoms with Gasteiger partial charge in [-0.15, -0.1) is 11.8 Å². The van der Waals surface area contributed by atoms with Crippen LogP contribution >= 0.6 is 11.8 Å². The summed E-state index contributed by atoms with van der Waals surface area (Å²) < 4.78 is 20.6. The van der Waals surface area contributed by atoms with Gasteiger partial charge in [0, 0.05) is 6.42 Å². The molecule has 2 fully saturated rings. The summed E-state index contributed by atoms with van der Waals surface area (Å²) in [7, 11) is -4.91. The van der Waals surface area contributed by atoms with E-state index in [9.17, 15) is 5.11 Å². The number of thioether (sulfide) groups is 1. The smallest absolute Gasteiger partial charge is 0.334 e. The van der Waals surface area contributed by atoms with Gasteiger partial charge < -0.3 is 18.1 Å². The van der Waals surface area contributed by atoms with Crippen LogP contribution in [-0.2, 0) is 13.0 Å². The SMILES string of the molecule is CC(C)[Si]1(C(C)C)OC[C@H]2SC(O)C[C@@H]2O[Si](C(C)C)(C(C)C)O1. The maximum atomic E-state index is 10.2. The zero-order chi connectivity index (χ0) is 18.3. The largest absolute Gasteiger partial charge is 0.414 e. The van der Waals surface area contributed by atoms with E-state index in [1.54, 1.807) is 11.8 Å². The maximum absolute atomic E-state index is 10.2. The minimum Gasteiger partial charge on any atom is -0.414 e. The van der Waals surface area contributed by atoms with Crippen LogP contribution in [0.2, 0.25) is 22.2 Å². The van der Waals surface area contributed by atoms with E-state index in [1.165, 1.54) is 0 Å². The predicted octanol–water partition coefficient (Wildman–Crippen LogP) is 4.77. The van der Waals surface area contributed by atoms with Crippen LogP contribution < -0.4 is 0 Å². The Morgan fingerprint density at radius 3 is 1.83 bits per heavy atom. The third-order valence-corrected chi connectivity index (χ3v) is 17.1. The van der Waals surface area contributed by atoms with Crippen LogP contribution in [0.3, 0.4) is 0 Å². The van der Waals surface area contributed by atoms with Crippen molar-refractivity contribution in [3.05, 3.63) is 0 Å². The first-order chi connectivity index (χ1) is 11.0. The fraction of sp³-hybridized carbons (Fsp3) is 1.00. The van der Waals surface area contributed by atoms with Crippen molar-refractivity contribution < 1.29 is 18.1 Å². The molecule has 1 N–H and O–H groups in total. The zero-order valence-electron chi connectivity index (χ0n) is 16.5. The lowest BCUT2D eigenvalue weighted by molar-refractivity contribution is 0.0633. The lowest BCUT2D eigenvalue weighted by Crippen LogP contribution is -2.64. The van der Waals surface area contributed by atoms with Crippen LogP contribution in [0.25, 0.3) is 0 Å². The van der Waals surface area contributed by atoms with E-state index in [0.717, 1.165) is 0 Å². The van der Waals surface area contributed by atoms with E-state index in [0.29, 0.717) is 35.2 Å².